The molecule has 8 nitrogen and oxygen atoms in total. The van der Waals surface area contributed by atoms with Crippen molar-refractivity contribution in [2.45, 2.75) is 18.0 Å². The quantitative estimate of drug-likeness (QED) is 0.455. The van der Waals surface area contributed by atoms with Gasteiger partial charge in [0.2, 0.25) is 15.9 Å². The number of nitrogens with zero attached hydrogens (tertiary/aromatic N) is 1. The lowest BCUT2D eigenvalue weighted by Gasteiger charge is -2.27. The van der Waals surface area contributed by atoms with E-state index < -0.39 is 10.0 Å². The first kappa shape index (κ1) is 23.9. The molecule has 1 amide bonds. The summed E-state index contributed by atoms with van der Waals surface area (Å²) in [6.45, 7) is 3.99. The van der Waals surface area contributed by atoms with Crippen molar-refractivity contribution in [1.29, 1.82) is 0 Å². The van der Waals surface area contributed by atoms with Gasteiger partial charge in [0.1, 0.15) is 5.76 Å². The second-order valence-electron chi connectivity index (χ2n) is 7.84. The van der Waals surface area contributed by atoms with Crippen LogP contribution < -0.4 is 10.0 Å². The Bertz CT molecular complexity index is 1220. The molecule has 1 fully saturated rings. The average molecular weight is 482 g/mol. The van der Waals surface area contributed by atoms with Crippen LogP contribution in [0.5, 0.6) is 0 Å². The van der Waals surface area contributed by atoms with Crippen LogP contribution in [0.1, 0.15) is 16.9 Å². The maximum atomic E-state index is 12.5. The number of carbonyl (C=O) groups excluding carboxylic acids is 1. The molecule has 0 spiro atoms. The van der Waals surface area contributed by atoms with Gasteiger partial charge in [0.25, 0.3) is 0 Å². The Morgan fingerprint density at radius 1 is 1.00 bits per heavy atom. The molecular formula is C25H27N3O5S. The molecule has 1 aliphatic rings. The summed E-state index contributed by atoms with van der Waals surface area (Å²) in [5.74, 6) is 0.270. The Morgan fingerprint density at radius 3 is 2.50 bits per heavy atom. The van der Waals surface area contributed by atoms with Crippen molar-refractivity contribution in [3.63, 3.8) is 0 Å². The van der Waals surface area contributed by atoms with Crippen molar-refractivity contribution in [3.05, 3.63) is 89.9 Å². The maximum absolute atomic E-state index is 12.5. The molecule has 0 saturated carbocycles. The van der Waals surface area contributed by atoms with Crippen molar-refractivity contribution < 1.29 is 22.4 Å². The van der Waals surface area contributed by atoms with E-state index in [0.717, 1.165) is 44.1 Å². The normalized spacial score (nSPS) is 14.9. The van der Waals surface area contributed by atoms with Gasteiger partial charge in [0.15, 0.2) is 0 Å². The van der Waals surface area contributed by atoms with Gasteiger partial charge < -0.3 is 14.5 Å². The summed E-state index contributed by atoms with van der Waals surface area (Å²) in [5.41, 5.74) is 2.53. The predicted octanol–water partition coefficient (Wildman–Crippen LogP) is 3.24. The third-order valence-electron chi connectivity index (χ3n) is 5.41. The molecule has 4 rings (SSSR count). The number of carbonyl (C=O) groups is 1. The number of hydrogen-bond acceptors (Lipinski definition) is 6. The fourth-order valence-electron chi connectivity index (χ4n) is 3.55. The number of ether oxygens (including phenoxy) is 1. The number of morpholine rings is 1. The minimum atomic E-state index is -3.67. The summed E-state index contributed by atoms with van der Waals surface area (Å²) in [4.78, 5) is 14.9. The zero-order valence-electron chi connectivity index (χ0n) is 18.6. The number of furan rings is 1. The lowest BCUT2D eigenvalue weighted by atomic mass is 10.1. The lowest BCUT2D eigenvalue weighted by Crippen LogP contribution is -2.35. The topological polar surface area (TPSA) is 101 Å². The van der Waals surface area contributed by atoms with Crippen molar-refractivity contribution in [2.75, 3.05) is 31.6 Å². The number of hydrogen-bond donors (Lipinski definition) is 2. The third kappa shape index (κ3) is 6.64. The largest absolute Gasteiger partial charge is 0.468 e. The summed E-state index contributed by atoms with van der Waals surface area (Å²) in [7, 11) is -3.67. The first-order valence-electron chi connectivity index (χ1n) is 11.0. The second kappa shape index (κ2) is 11.3. The Morgan fingerprint density at radius 2 is 1.76 bits per heavy atom. The van der Waals surface area contributed by atoms with E-state index in [4.69, 9.17) is 9.15 Å². The number of sulfonamides is 1. The number of nitrogens with one attached hydrogen (secondary N) is 2. The Labute approximate surface area is 199 Å². The van der Waals surface area contributed by atoms with Crippen molar-refractivity contribution >= 4 is 27.7 Å². The number of anilines is 1. The van der Waals surface area contributed by atoms with Gasteiger partial charge in [-0.2, -0.15) is 0 Å². The zero-order valence-corrected chi connectivity index (χ0v) is 19.5. The predicted molar refractivity (Wildman–Crippen MR) is 129 cm³/mol. The Kier molecular flexibility index (Phi) is 7.91. The number of rotatable bonds is 9. The van der Waals surface area contributed by atoms with Crippen LogP contribution in [0.25, 0.3) is 6.08 Å². The molecule has 0 aliphatic carbocycles. The Balaban J connectivity index is 1.34. The first-order valence-corrected chi connectivity index (χ1v) is 12.5. The van der Waals surface area contributed by atoms with E-state index in [1.165, 1.54) is 24.5 Å². The van der Waals surface area contributed by atoms with Crippen molar-refractivity contribution in [1.82, 2.24) is 9.62 Å². The minimum Gasteiger partial charge on any atom is -0.468 e. The summed E-state index contributed by atoms with van der Waals surface area (Å²) >= 11 is 0. The average Bonchev–Trinajstić information content (AvgIpc) is 3.38. The van der Waals surface area contributed by atoms with E-state index in [0.29, 0.717) is 11.3 Å². The molecule has 1 aromatic heterocycles. The molecule has 9 heteroatoms. The molecule has 0 radical (unpaired) electrons. The number of amides is 1. The molecule has 0 bridgehead atoms. The third-order valence-corrected chi connectivity index (χ3v) is 6.82. The standard InChI is InChI=1S/C25H27N3O5S/c29-25(27-24-6-2-1-4-21(24)19-28-13-16-32-17-14-28)12-9-20-7-10-23(11-8-20)34(30,31)26-18-22-5-3-15-33-22/h1-12,15,26H,13-14,16-19H2,(H,27,29). The second-order valence-corrected chi connectivity index (χ2v) is 9.61. The maximum Gasteiger partial charge on any atom is 0.248 e. The van der Waals surface area contributed by atoms with Gasteiger partial charge in [0, 0.05) is 31.4 Å². The molecule has 34 heavy (non-hydrogen) atoms. The highest BCUT2D eigenvalue weighted by atomic mass is 32.2. The monoisotopic (exact) mass is 481 g/mol. The van der Waals surface area contributed by atoms with Gasteiger partial charge in [-0.05, 0) is 47.5 Å². The van der Waals surface area contributed by atoms with Crippen LogP contribution in [0, 0.1) is 0 Å². The lowest BCUT2D eigenvalue weighted by molar-refractivity contribution is -0.111. The van der Waals surface area contributed by atoms with E-state index >= 15 is 0 Å². The van der Waals surface area contributed by atoms with Gasteiger partial charge in [-0.15, -0.1) is 0 Å². The molecule has 3 aromatic rings. The zero-order chi connectivity index (χ0) is 23.8. The van der Waals surface area contributed by atoms with Crippen LogP contribution in [-0.2, 0) is 32.6 Å². The van der Waals surface area contributed by atoms with Crippen LogP contribution in [-0.4, -0.2) is 45.5 Å². The molecular weight excluding hydrogens is 454 g/mol. The minimum absolute atomic E-state index is 0.0736. The fourth-order valence-corrected chi connectivity index (χ4v) is 4.54. The highest BCUT2D eigenvalue weighted by Crippen LogP contribution is 2.18. The molecule has 178 valence electrons. The molecule has 0 atom stereocenters. The van der Waals surface area contributed by atoms with E-state index in [1.54, 1.807) is 30.3 Å². The van der Waals surface area contributed by atoms with E-state index in [9.17, 15) is 13.2 Å². The van der Waals surface area contributed by atoms with Crippen molar-refractivity contribution in [2.24, 2.45) is 0 Å². The van der Waals surface area contributed by atoms with Crippen LogP contribution >= 0.6 is 0 Å². The van der Waals surface area contributed by atoms with E-state index in [1.807, 2.05) is 24.3 Å². The highest BCUT2D eigenvalue weighted by molar-refractivity contribution is 7.89. The van der Waals surface area contributed by atoms with E-state index in [-0.39, 0.29) is 17.3 Å². The van der Waals surface area contributed by atoms with E-state index in [2.05, 4.69) is 14.9 Å². The summed E-state index contributed by atoms with van der Waals surface area (Å²) < 4.78 is 37.9. The van der Waals surface area contributed by atoms with Crippen LogP contribution in [0.2, 0.25) is 0 Å². The van der Waals surface area contributed by atoms with Crippen LogP contribution in [0.15, 0.2) is 82.3 Å². The molecule has 1 aliphatic heterocycles. The summed E-state index contributed by atoms with van der Waals surface area (Å²) in [6, 6.07) is 17.4. The molecule has 1 saturated heterocycles. The molecule has 2 aromatic carbocycles. The SMILES string of the molecule is O=C(C=Cc1ccc(S(=O)(=O)NCc2ccco2)cc1)Nc1ccccc1CN1CCOCC1. The first-order chi connectivity index (χ1) is 16.5. The van der Waals surface area contributed by atoms with Gasteiger partial charge in [0.05, 0.1) is 30.9 Å². The number of benzene rings is 2. The fraction of sp³-hybridized carbons (Fsp3) is 0.240. The van der Waals surface area contributed by atoms with Gasteiger partial charge in [-0.25, -0.2) is 13.1 Å². The van der Waals surface area contributed by atoms with Gasteiger partial charge in [-0.3, -0.25) is 9.69 Å². The number of para-hydroxylation sites is 1. The van der Waals surface area contributed by atoms with Crippen LogP contribution in [0.4, 0.5) is 5.69 Å². The van der Waals surface area contributed by atoms with Gasteiger partial charge >= 0.3 is 0 Å². The molecule has 0 unspecified atom stereocenters. The molecule has 2 N–H and O–H groups in total. The smallest absolute Gasteiger partial charge is 0.248 e. The van der Waals surface area contributed by atoms with Crippen molar-refractivity contribution in [3.8, 4) is 0 Å². The summed E-state index contributed by atoms with van der Waals surface area (Å²) in [5, 5.41) is 2.94. The Hall–Kier alpha value is -3.24. The van der Waals surface area contributed by atoms with Crippen LogP contribution in [0.3, 0.4) is 0 Å². The summed E-state index contributed by atoms with van der Waals surface area (Å²) in [6.07, 6.45) is 4.57. The molecule has 2 heterocycles. The highest BCUT2D eigenvalue weighted by Gasteiger charge is 2.15. The van der Waals surface area contributed by atoms with Gasteiger partial charge in [-0.1, -0.05) is 30.3 Å².